The molecule has 0 saturated carbocycles. The van der Waals surface area contributed by atoms with Gasteiger partial charge in [-0.15, -0.1) is 0 Å². The van der Waals surface area contributed by atoms with Crippen LogP contribution >= 0.6 is 0 Å². The van der Waals surface area contributed by atoms with Crippen LogP contribution in [0.25, 0.3) is 10.9 Å². The van der Waals surface area contributed by atoms with Crippen LogP contribution in [0.4, 0.5) is 5.82 Å². The molecule has 0 atom stereocenters. The molecule has 31 heavy (non-hydrogen) atoms. The molecule has 3 heterocycles. The predicted molar refractivity (Wildman–Crippen MR) is 128 cm³/mol. The molecule has 0 aliphatic carbocycles. The average molecular weight is 416 g/mol. The normalized spacial score (nSPS) is 18.9. The monoisotopic (exact) mass is 415 g/mol. The molecule has 0 amide bonds. The summed E-state index contributed by atoms with van der Waals surface area (Å²) in [7, 11) is 0. The highest BCUT2D eigenvalue weighted by Gasteiger charge is 2.34. The molecule has 3 aromatic rings. The van der Waals surface area contributed by atoms with Gasteiger partial charge in [-0.25, -0.2) is 4.98 Å². The molecule has 2 fully saturated rings. The summed E-state index contributed by atoms with van der Waals surface area (Å²) in [6, 6.07) is 21.8. The van der Waals surface area contributed by atoms with Crippen molar-refractivity contribution in [3.63, 3.8) is 0 Å². The lowest BCUT2D eigenvalue weighted by Crippen LogP contribution is -2.42. The molecule has 0 unspecified atom stereocenters. The fourth-order valence-corrected chi connectivity index (χ4v) is 5.22. The second-order valence-corrected chi connectivity index (χ2v) is 9.07. The predicted octanol–water partition coefficient (Wildman–Crippen LogP) is 5.06. The van der Waals surface area contributed by atoms with Crippen LogP contribution < -0.4 is 10.2 Å². The highest BCUT2D eigenvalue weighted by atomic mass is 16.5. The molecule has 162 valence electrons. The first-order valence-electron chi connectivity index (χ1n) is 11.8. The quantitative estimate of drug-likeness (QED) is 0.610. The third-order valence-corrected chi connectivity index (χ3v) is 7.05. The molecule has 2 aliphatic heterocycles. The maximum atomic E-state index is 5.71. The molecule has 4 heteroatoms. The second-order valence-electron chi connectivity index (χ2n) is 9.07. The van der Waals surface area contributed by atoms with Gasteiger partial charge in [0.15, 0.2) is 0 Å². The number of para-hydroxylation sites is 1. The highest BCUT2D eigenvalue weighted by Crippen LogP contribution is 2.34. The number of ether oxygens (including phenoxy) is 1. The van der Waals surface area contributed by atoms with Gasteiger partial charge < -0.3 is 15.0 Å². The first kappa shape index (κ1) is 20.5. The summed E-state index contributed by atoms with van der Waals surface area (Å²) in [5, 5.41) is 5.06. The summed E-state index contributed by atoms with van der Waals surface area (Å²) in [5.74, 6) is 1.17. The molecule has 1 aromatic heterocycles. The van der Waals surface area contributed by atoms with E-state index in [1.165, 1.54) is 41.6 Å². The van der Waals surface area contributed by atoms with Crippen molar-refractivity contribution in [3.05, 3.63) is 71.8 Å². The van der Waals surface area contributed by atoms with Crippen molar-refractivity contribution in [2.24, 2.45) is 0 Å². The number of hydrogen-bond acceptors (Lipinski definition) is 4. The smallest absolute Gasteiger partial charge is 0.133 e. The Morgan fingerprint density at radius 3 is 2.45 bits per heavy atom. The SMILES string of the molecule is c1ccc(C2(CNCc3cc4ccccc4nc3N3CCCCC3)CCOCC2)cc1. The van der Waals surface area contributed by atoms with Crippen molar-refractivity contribution in [3.8, 4) is 0 Å². The van der Waals surface area contributed by atoms with Gasteiger partial charge in [0.05, 0.1) is 5.52 Å². The minimum absolute atomic E-state index is 0.148. The number of anilines is 1. The lowest BCUT2D eigenvalue weighted by molar-refractivity contribution is 0.0498. The molecule has 5 rings (SSSR count). The van der Waals surface area contributed by atoms with Crippen LogP contribution in [0, 0.1) is 0 Å². The van der Waals surface area contributed by atoms with Gasteiger partial charge in [-0.05, 0) is 49.8 Å². The first-order valence-corrected chi connectivity index (χ1v) is 11.8. The largest absolute Gasteiger partial charge is 0.381 e. The van der Waals surface area contributed by atoms with E-state index in [-0.39, 0.29) is 5.41 Å². The topological polar surface area (TPSA) is 37.4 Å². The Balaban J connectivity index is 1.39. The Labute approximate surface area is 185 Å². The van der Waals surface area contributed by atoms with Gasteiger partial charge in [0.25, 0.3) is 0 Å². The van der Waals surface area contributed by atoms with Crippen molar-refractivity contribution in [1.29, 1.82) is 0 Å². The molecule has 4 nitrogen and oxygen atoms in total. The number of nitrogens with one attached hydrogen (secondary N) is 1. The summed E-state index contributed by atoms with van der Waals surface area (Å²) >= 11 is 0. The molecular formula is C27H33N3O. The van der Waals surface area contributed by atoms with Gasteiger partial charge in [0.2, 0.25) is 0 Å². The number of benzene rings is 2. The van der Waals surface area contributed by atoms with E-state index in [2.05, 4.69) is 70.9 Å². The zero-order chi connectivity index (χ0) is 20.9. The standard InChI is InChI=1S/C27H33N3O/c1-3-10-24(11-4-1)27(13-17-31-18-14-27)21-28-20-23-19-22-9-5-6-12-25(22)29-26(23)30-15-7-2-8-16-30/h1,3-6,9-12,19,28H,2,7-8,13-18,20-21H2. The molecular weight excluding hydrogens is 382 g/mol. The Hall–Kier alpha value is -2.43. The minimum atomic E-state index is 0.148. The maximum Gasteiger partial charge on any atom is 0.133 e. The van der Waals surface area contributed by atoms with Crippen LogP contribution in [0.2, 0.25) is 0 Å². The van der Waals surface area contributed by atoms with Gasteiger partial charge in [-0.2, -0.15) is 0 Å². The third kappa shape index (κ3) is 4.46. The summed E-state index contributed by atoms with van der Waals surface area (Å²) in [4.78, 5) is 7.60. The Morgan fingerprint density at radius 1 is 0.903 bits per heavy atom. The molecule has 0 spiro atoms. The summed E-state index contributed by atoms with van der Waals surface area (Å²) in [6.07, 6.45) is 5.99. The summed E-state index contributed by atoms with van der Waals surface area (Å²) in [5.41, 5.74) is 3.99. The van der Waals surface area contributed by atoms with Crippen molar-refractivity contribution >= 4 is 16.7 Å². The van der Waals surface area contributed by atoms with E-state index in [0.29, 0.717) is 0 Å². The zero-order valence-corrected chi connectivity index (χ0v) is 18.4. The molecule has 0 bridgehead atoms. The fraction of sp³-hybridized carbons (Fsp3) is 0.444. The van der Waals surface area contributed by atoms with Crippen molar-refractivity contribution in [2.45, 2.75) is 44.1 Å². The van der Waals surface area contributed by atoms with Gasteiger partial charge in [0.1, 0.15) is 5.82 Å². The average Bonchev–Trinajstić information content (AvgIpc) is 2.85. The van der Waals surface area contributed by atoms with E-state index < -0.39 is 0 Å². The van der Waals surface area contributed by atoms with E-state index in [9.17, 15) is 0 Å². The molecule has 2 aliphatic rings. The van der Waals surface area contributed by atoms with Crippen LogP contribution in [0.1, 0.15) is 43.2 Å². The maximum absolute atomic E-state index is 5.71. The second kappa shape index (κ2) is 9.37. The molecule has 2 saturated heterocycles. The molecule has 2 aromatic carbocycles. The van der Waals surface area contributed by atoms with Crippen molar-refractivity contribution < 1.29 is 4.74 Å². The van der Waals surface area contributed by atoms with E-state index in [1.807, 2.05) is 0 Å². The number of aromatic nitrogens is 1. The Bertz CT molecular complexity index is 992. The van der Waals surface area contributed by atoms with Crippen molar-refractivity contribution in [2.75, 3.05) is 37.7 Å². The highest BCUT2D eigenvalue weighted by molar-refractivity contribution is 5.81. The van der Waals surface area contributed by atoms with E-state index in [4.69, 9.17) is 9.72 Å². The van der Waals surface area contributed by atoms with Crippen LogP contribution in [-0.2, 0) is 16.7 Å². The zero-order valence-electron chi connectivity index (χ0n) is 18.4. The van der Waals surface area contributed by atoms with E-state index >= 15 is 0 Å². The van der Waals surface area contributed by atoms with Gasteiger partial charge in [0, 0.05) is 55.8 Å². The third-order valence-electron chi connectivity index (χ3n) is 7.05. The van der Waals surface area contributed by atoms with Crippen LogP contribution in [0.3, 0.4) is 0 Å². The van der Waals surface area contributed by atoms with Crippen LogP contribution in [-0.4, -0.2) is 37.8 Å². The Morgan fingerprint density at radius 2 is 1.65 bits per heavy atom. The summed E-state index contributed by atoms with van der Waals surface area (Å²) in [6.45, 7) is 5.72. The number of hydrogen-bond donors (Lipinski definition) is 1. The fourth-order valence-electron chi connectivity index (χ4n) is 5.22. The number of pyridine rings is 1. The van der Waals surface area contributed by atoms with Crippen molar-refractivity contribution in [1.82, 2.24) is 10.3 Å². The van der Waals surface area contributed by atoms with Crippen LogP contribution in [0.5, 0.6) is 0 Å². The lowest BCUT2D eigenvalue weighted by atomic mass is 9.74. The number of nitrogens with zero attached hydrogens (tertiary/aromatic N) is 2. The number of rotatable bonds is 6. The molecule has 1 N–H and O–H groups in total. The van der Waals surface area contributed by atoms with Gasteiger partial charge in [-0.1, -0.05) is 48.5 Å². The number of fused-ring (bicyclic) bond motifs is 1. The molecule has 0 radical (unpaired) electrons. The minimum Gasteiger partial charge on any atom is -0.381 e. The summed E-state index contributed by atoms with van der Waals surface area (Å²) < 4.78 is 5.71. The van der Waals surface area contributed by atoms with Gasteiger partial charge in [-0.3, -0.25) is 0 Å². The lowest BCUT2D eigenvalue weighted by Gasteiger charge is -2.38. The van der Waals surface area contributed by atoms with Gasteiger partial charge >= 0.3 is 0 Å². The number of piperidine rings is 1. The van der Waals surface area contributed by atoms with E-state index in [0.717, 1.165) is 57.8 Å². The van der Waals surface area contributed by atoms with Crippen LogP contribution in [0.15, 0.2) is 60.7 Å². The Kier molecular flexibility index (Phi) is 6.19. The first-order chi connectivity index (χ1) is 15.3. The van der Waals surface area contributed by atoms with E-state index in [1.54, 1.807) is 0 Å².